The third-order valence-electron chi connectivity index (χ3n) is 2.99. The number of nitrogens with two attached hydrogens (primary N) is 1. The zero-order chi connectivity index (χ0) is 15.9. The maximum absolute atomic E-state index is 12.8. The van der Waals surface area contributed by atoms with Crippen LogP contribution in [0.3, 0.4) is 0 Å². The average molecular weight is 301 g/mol. The monoisotopic (exact) mass is 301 g/mol. The molecule has 0 aromatic heterocycles. The van der Waals surface area contributed by atoms with Crippen molar-refractivity contribution >= 4 is 17.5 Å². The van der Waals surface area contributed by atoms with Gasteiger partial charge in [-0.25, -0.2) is 4.39 Å². The first-order chi connectivity index (χ1) is 10.6. The molecule has 0 radical (unpaired) electrons. The zero-order valence-corrected chi connectivity index (χ0v) is 11.8. The lowest BCUT2D eigenvalue weighted by Gasteiger charge is -2.07. The van der Waals surface area contributed by atoms with Gasteiger partial charge in [0.15, 0.2) is 0 Å². The molecule has 0 aliphatic rings. The Morgan fingerprint density at radius 1 is 1.00 bits per heavy atom. The number of anilines is 1. The van der Waals surface area contributed by atoms with E-state index in [4.69, 9.17) is 5.73 Å². The van der Waals surface area contributed by atoms with Gasteiger partial charge >= 0.3 is 11.8 Å². The van der Waals surface area contributed by atoms with Crippen molar-refractivity contribution in [1.82, 2.24) is 5.32 Å². The average Bonchev–Trinajstić information content (AvgIpc) is 2.54. The van der Waals surface area contributed by atoms with Gasteiger partial charge in [-0.3, -0.25) is 9.59 Å². The molecule has 0 saturated heterocycles. The minimum absolute atomic E-state index is 0.226. The quantitative estimate of drug-likeness (QED) is 0.749. The normalized spacial score (nSPS) is 10.1. The summed E-state index contributed by atoms with van der Waals surface area (Å²) in [4.78, 5) is 23.4. The van der Waals surface area contributed by atoms with Crippen LogP contribution in [0.1, 0.15) is 11.1 Å². The molecule has 0 fully saturated rings. The van der Waals surface area contributed by atoms with Gasteiger partial charge in [0.05, 0.1) is 0 Å². The molecule has 0 saturated carbocycles. The van der Waals surface area contributed by atoms with Crippen molar-refractivity contribution in [2.75, 3.05) is 5.32 Å². The number of benzene rings is 2. The molecular weight excluding hydrogens is 285 g/mol. The van der Waals surface area contributed by atoms with Gasteiger partial charge in [-0.2, -0.15) is 0 Å². The van der Waals surface area contributed by atoms with Crippen LogP contribution in [0.4, 0.5) is 10.1 Å². The van der Waals surface area contributed by atoms with E-state index in [0.717, 1.165) is 11.1 Å². The molecule has 5 nitrogen and oxygen atoms in total. The number of hydrogen-bond donors (Lipinski definition) is 3. The topological polar surface area (TPSA) is 84.2 Å². The van der Waals surface area contributed by atoms with Crippen LogP contribution >= 0.6 is 0 Å². The van der Waals surface area contributed by atoms with Crippen molar-refractivity contribution in [1.29, 1.82) is 0 Å². The summed E-state index contributed by atoms with van der Waals surface area (Å²) in [7, 11) is 0. The molecule has 0 bridgehead atoms. The standard InChI is InChI=1S/C16H16FN3O2/c17-13-4-6-14(7-5-13)20-16(22)15(21)19-10-12-3-1-2-11(8-12)9-18/h1-8H,9-10,18H2,(H,19,21)(H,20,22). The highest BCUT2D eigenvalue weighted by atomic mass is 19.1. The minimum Gasteiger partial charge on any atom is -0.344 e. The molecule has 0 heterocycles. The zero-order valence-electron chi connectivity index (χ0n) is 11.8. The van der Waals surface area contributed by atoms with E-state index in [2.05, 4.69) is 10.6 Å². The minimum atomic E-state index is -0.804. The Balaban J connectivity index is 1.88. The molecule has 114 valence electrons. The number of hydrogen-bond acceptors (Lipinski definition) is 3. The van der Waals surface area contributed by atoms with E-state index >= 15 is 0 Å². The van der Waals surface area contributed by atoms with Gasteiger partial charge < -0.3 is 16.4 Å². The maximum Gasteiger partial charge on any atom is 0.313 e. The summed E-state index contributed by atoms with van der Waals surface area (Å²) in [5.41, 5.74) is 7.69. The molecule has 22 heavy (non-hydrogen) atoms. The highest BCUT2D eigenvalue weighted by Gasteiger charge is 2.13. The second-order valence-electron chi connectivity index (χ2n) is 4.67. The van der Waals surface area contributed by atoms with Crippen LogP contribution in [0.5, 0.6) is 0 Å². The van der Waals surface area contributed by atoms with E-state index < -0.39 is 17.6 Å². The first kappa shape index (κ1) is 15.7. The first-order valence-electron chi connectivity index (χ1n) is 6.71. The Labute approximate surface area is 127 Å². The molecule has 0 spiro atoms. The molecule has 0 aliphatic heterocycles. The summed E-state index contributed by atoms with van der Waals surface area (Å²) in [6, 6.07) is 12.6. The van der Waals surface area contributed by atoms with Crippen molar-refractivity contribution in [3.8, 4) is 0 Å². The van der Waals surface area contributed by atoms with Crippen LogP contribution < -0.4 is 16.4 Å². The van der Waals surface area contributed by atoms with Crippen molar-refractivity contribution in [2.45, 2.75) is 13.1 Å². The summed E-state index contributed by atoms with van der Waals surface area (Å²) in [6.07, 6.45) is 0. The van der Waals surface area contributed by atoms with E-state index in [1.54, 1.807) is 0 Å². The smallest absolute Gasteiger partial charge is 0.313 e. The van der Waals surface area contributed by atoms with Crippen molar-refractivity contribution < 1.29 is 14.0 Å². The molecule has 4 N–H and O–H groups in total. The fourth-order valence-corrected chi connectivity index (χ4v) is 1.85. The van der Waals surface area contributed by atoms with Crippen LogP contribution in [0.25, 0.3) is 0 Å². The van der Waals surface area contributed by atoms with Crippen LogP contribution in [0, 0.1) is 5.82 Å². The van der Waals surface area contributed by atoms with Crippen LogP contribution in [-0.4, -0.2) is 11.8 Å². The van der Waals surface area contributed by atoms with E-state index in [-0.39, 0.29) is 6.54 Å². The summed E-state index contributed by atoms with van der Waals surface area (Å²) in [6.45, 7) is 0.635. The molecule has 0 unspecified atom stereocenters. The summed E-state index contributed by atoms with van der Waals surface area (Å²) < 4.78 is 12.8. The van der Waals surface area contributed by atoms with Gasteiger partial charge in [0, 0.05) is 18.8 Å². The number of halogens is 1. The molecule has 2 rings (SSSR count). The lowest BCUT2D eigenvalue weighted by atomic mass is 10.1. The number of carbonyl (C=O) groups excluding carboxylic acids is 2. The third-order valence-corrected chi connectivity index (χ3v) is 2.99. The number of rotatable bonds is 4. The largest absolute Gasteiger partial charge is 0.344 e. The van der Waals surface area contributed by atoms with Gasteiger partial charge in [-0.05, 0) is 35.4 Å². The predicted molar refractivity (Wildman–Crippen MR) is 81.2 cm³/mol. The first-order valence-corrected chi connectivity index (χ1v) is 6.71. The molecule has 0 atom stereocenters. The highest BCUT2D eigenvalue weighted by Crippen LogP contribution is 2.08. The summed E-state index contributed by atoms with van der Waals surface area (Å²) >= 11 is 0. The molecule has 2 amide bonds. The molecular formula is C16H16FN3O2. The van der Waals surface area contributed by atoms with Crippen LogP contribution in [-0.2, 0) is 22.7 Å². The maximum atomic E-state index is 12.8. The number of amides is 2. The van der Waals surface area contributed by atoms with Crippen molar-refractivity contribution in [3.63, 3.8) is 0 Å². The number of nitrogens with one attached hydrogen (secondary N) is 2. The molecule has 2 aromatic rings. The van der Waals surface area contributed by atoms with Crippen LogP contribution in [0.15, 0.2) is 48.5 Å². The van der Waals surface area contributed by atoms with Gasteiger partial charge in [-0.1, -0.05) is 24.3 Å². The second kappa shape index (κ2) is 7.33. The lowest BCUT2D eigenvalue weighted by Crippen LogP contribution is -2.34. The van der Waals surface area contributed by atoms with Crippen molar-refractivity contribution in [3.05, 3.63) is 65.5 Å². The van der Waals surface area contributed by atoms with Gasteiger partial charge in [0.2, 0.25) is 0 Å². The molecule has 6 heteroatoms. The van der Waals surface area contributed by atoms with E-state index in [1.807, 2.05) is 24.3 Å². The van der Waals surface area contributed by atoms with Gasteiger partial charge in [0.25, 0.3) is 0 Å². The van der Waals surface area contributed by atoms with Crippen LogP contribution in [0.2, 0.25) is 0 Å². The highest BCUT2D eigenvalue weighted by molar-refractivity contribution is 6.39. The Bertz CT molecular complexity index is 671. The number of carbonyl (C=O) groups is 2. The van der Waals surface area contributed by atoms with Crippen molar-refractivity contribution in [2.24, 2.45) is 5.73 Å². The lowest BCUT2D eigenvalue weighted by molar-refractivity contribution is -0.136. The van der Waals surface area contributed by atoms with E-state index in [0.29, 0.717) is 12.2 Å². The Hall–Kier alpha value is -2.73. The molecule has 2 aromatic carbocycles. The van der Waals surface area contributed by atoms with Gasteiger partial charge in [-0.15, -0.1) is 0 Å². The van der Waals surface area contributed by atoms with Gasteiger partial charge in [0.1, 0.15) is 5.82 Å². The predicted octanol–water partition coefficient (Wildman–Crippen LogP) is 1.54. The Morgan fingerprint density at radius 3 is 2.36 bits per heavy atom. The Kier molecular flexibility index (Phi) is 5.21. The second-order valence-corrected chi connectivity index (χ2v) is 4.67. The van der Waals surface area contributed by atoms with E-state index in [9.17, 15) is 14.0 Å². The Morgan fingerprint density at radius 2 is 1.68 bits per heavy atom. The summed E-state index contributed by atoms with van der Waals surface area (Å²) in [5.74, 6) is -1.98. The SMILES string of the molecule is NCc1cccc(CNC(=O)C(=O)Nc2ccc(F)cc2)c1. The fourth-order valence-electron chi connectivity index (χ4n) is 1.85. The van der Waals surface area contributed by atoms with E-state index in [1.165, 1.54) is 24.3 Å². The summed E-state index contributed by atoms with van der Waals surface area (Å²) in [5, 5.41) is 4.91. The fraction of sp³-hybridized carbons (Fsp3) is 0.125. The molecule has 0 aliphatic carbocycles. The third kappa shape index (κ3) is 4.39.